The first-order valence-corrected chi connectivity index (χ1v) is 14.8. The van der Waals surface area contributed by atoms with E-state index in [0.29, 0.717) is 49.3 Å². The molecule has 6 nitrogen and oxygen atoms in total. The molecule has 2 aromatic rings. The molecule has 2 saturated heterocycles. The van der Waals surface area contributed by atoms with Gasteiger partial charge in [-0.25, -0.2) is 8.42 Å². The van der Waals surface area contributed by atoms with Gasteiger partial charge in [0.05, 0.1) is 4.90 Å². The van der Waals surface area contributed by atoms with Gasteiger partial charge in [-0.15, -0.1) is 0 Å². The smallest absolute Gasteiger partial charge is 0.243 e. The molecule has 0 spiro atoms. The van der Waals surface area contributed by atoms with E-state index in [1.54, 1.807) is 30.6 Å². The van der Waals surface area contributed by atoms with Gasteiger partial charge in [0, 0.05) is 66.8 Å². The van der Waals surface area contributed by atoms with Crippen LogP contribution in [0.1, 0.15) is 38.5 Å². The van der Waals surface area contributed by atoms with Gasteiger partial charge < -0.3 is 4.90 Å². The molecule has 9 heteroatoms. The first-order chi connectivity index (χ1) is 15.1. The Morgan fingerprint density at radius 2 is 2.03 bits per heavy atom. The van der Waals surface area contributed by atoms with E-state index in [-0.39, 0.29) is 5.91 Å². The van der Waals surface area contributed by atoms with E-state index in [9.17, 15) is 13.2 Å². The van der Waals surface area contributed by atoms with E-state index < -0.39 is 10.0 Å². The Balaban J connectivity index is 1.34. The lowest BCUT2D eigenvalue weighted by Crippen LogP contribution is -2.37. The van der Waals surface area contributed by atoms with E-state index in [1.807, 2.05) is 32.6 Å². The number of aromatic nitrogens is 1. The fourth-order valence-corrected chi connectivity index (χ4v) is 8.92. The van der Waals surface area contributed by atoms with E-state index in [2.05, 4.69) is 4.98 Å². The molecule has 0 N–H and O–H groups in total. The van der Waals surface area contributed by atoms with E-state index in [0.717, 1.165) is 23.5 Å². The molecule has 168 valence electrons. The summed E-state index contributed by atoms with van der Waals surface area (Å²) < 4.78 is 28.3. The number of sulfonamides is 1. The highest BCUT2D eigenvalue weighted by Crippen LogP contribution is 2.39. The molecule has 31 heavy (non-hydrogen) atoms. The van der Waals surface area contributed by atoms with Crippen LogP contribution >= 0.6 is 21.6 Å². The van der Waals surface area contributed by atoms with Crippen molar-refractivity contribution in [2.24, 2.45) is 0 Å². The Morgan fingerprint density at radius 1 is 1.13 bits per heavy atom. The first kappa shape index (κ1) is 22.9. The molecule has 3 heterocycles. The summed E-state index contributed by atoms with van der Waals surface area (Å²) in [5.74, 6) is 1.40. The Bertz CT molecular complexity index is 1000. The lowest BCUT2D eigenvalue weighted by molar-refractivity contribution is -0.131. The van der Waals surface area contributed by atoms with Gasteiger partial charge in [-0.3, -0.25) is 9.78 Å². The second-order valence-corrected chi connectivity index (χ2v) is 12.8. The lowest BCUT2D eigenvalue weighted by Gasteiger charge is -2.22. The van der Waals surface area contributed by atoms with Gasteiger partial charge in [-0.1, -0.05) is 40.1 Å². The summed E-state index contributed by atoms with van der Waals surface area (Å²) in [6.45, 7) is 1.86. The summed E-state index contributed by atoms with van der Waals surface area (Å²) in [6, 6.07) is 7.03. The molecule has 0 aliphatic carbocycles. The second kappa shape index (κ2) is 10.6. The maximum absolute atomic E-state index is 13.4. The molecule has 2 aliphatic rings. The van der Waals surface area contributed by atoms with Crippen molar-refractivity contribution in [1.82, 2.24) is 14.2 Å². The zero-order chi connectivity index (χ0) is 21.7. The van der Waals surface area contributed by atoms with Crippen molar-refractivity contribution in [3.05, 3.63) is 36.7 Å². The highest BCUT2D eigenvalue weighted by Gasteiger charge is 2.29. The van der Waals surface area contributed by atoms with Crippen molar-refractivity contribution in [3.8, 4) is 0 Å². The van der Waals surface area contributed by atoms with Crippen molar-refractivity contribution >= 4 is 48.3 Å². The minimum absolute atomic E-state index is 0.156. The van der Waals surface area contributed by atoms with Gasteiger partial charge >= 0.3 is 0 Å². The standard InChI is InChI=1S/C22H29N3O3S3/c26-22(8-2-1-6-19-10-16-29-30-19)24-12-4-13-25(15-14-24)31(27,28)21-7-3-5-18-17-23-11-9-20(18)21/h3,5,7,9,11,17,19H,1-2,4,6,8,10,12-16H2/t19-/m1/s1. The normalized spacial score (nSPS) is 20.8. The fraction of sp³-hybridized carbons (Fsp3) is 0.545. The summed E-state index contributed by atoms with van der Waals surface area (Å²) in [6.07, 6.45) is 9.01. The van der Waals surface area contributed by atoms with Crippen LogP contribution in [-0.4, -0.2) is 65.7 Å². The van der Waals surface area contributed by atoms with Crippen LogP contribution in [0.3, 0.4) is 0 Å². The van der Waals surface area contributed by atoms with Crippen LogP contribution in [0.4, 0.5) is 0 Å². The topological polar surface area (TPSA) is 70.6 Å². The number of pyridine rings is 1. The zero-order valence-electron chi connectivity index (χ0n) is 17.6. The Kier molecular flexibility index (Phi) is 7.79. The molecule has 2 aliphatic heterocycles. The summed E-state index contributed by atoms with van der Waals surface area (Å²) in [4.78, 5) is 18.9. The lowest BCUT2D eigenvalue weighted by atomic mass is 10.1. The van der Waals surface area contributed by atoms with Crippen LogP contribution in [0.15, 0.2) is 41.6 Å². The van der Waals surface area contributed by atoms with Crippen LogP contribution in [0.25, 0.3) is 10.8 Å². The first-order valence-electron chi connectivity index (χ1n) is 10.9. The molecule has 0 radical (unpaired) electrons. The predicted molar refractivity (Wildman–Crippen MR) is 129 cm³/mol. The number of fused-ring (bicyclic) bond motifs is 1. The number of unbranched alkanes of at least 4 members (excludes halogenated alkanes) is 1. The number of hydrogen-bond acceptors (Lipinski definition) is 6. The number of rotatable bonds is 7. The third-order valence-corrected chi connectivity index (χ3v) is 10.9. The van der Waals surface area contributed by atoms with Crippen LogP contribution in [0.2, 0.25) is 0 Å². The predicted octanol–water partition coefficient (Wildman–Crippen LogP) is 4.17. The quantitative estimate of drug-likeness (QED) is 0.438. The van der Waals surface area contributed by atoms with Crippen LogP contribution < -0.4 is 0 Å². The molecule has 0 saturated carbocycles. The summed E-state index contributed by atoms with van der Waals surface area (Å²) in [7, 11) is 0.318. The maximum atomic E-state index is 13.4. The van der Waals surface area contributed by atoms with Gasteiger partial charge in [0.1, 0.15) is 0 Å². The molecule has 1 amide bonds. The van der Waals surface area contributed by atoms with Crippen molar-refractivity contribution in [2.75, 3.05) is 31.9 Å². The van der Waals surface area contributed by atoms with E-state index in [4.69, 9.17) is 0 Å². The zero-order valence-corrected chi connectivity index (χ0v) is 20.1. The van der Waals surface area contributed by atoms with Crippen LogP contribution in [0, 0.1) is 0 Å². The molecule has 1 aromatic heterocycles. The molecule has 1 atom stereocenters. The Morgan fingerprint density at radius 3 is 2.87 bits per heavy atom. The maximum Gasteiger partial charge on any atom is 0.243 e. The van der Waals surface area contributed by atoms with Gasteiger partial charge in [-0.2, -0.15) is 4.31 Å². The summed E-state index contributed by atoms with van der Waals surface area (Å²) in [5, 5.41) is 2.25. The van der Waals surface area contributed by atoms with E-state index >= 15 is 0 Å². The van der Waals surface area contributed by atoms with Crippen molar-refractivity contribution < 1.29 is 13.2 Å². The highest BCUT2D eigenvalue weighted by molar-refractivity contribution is 8.77. The Hall–Kier alpha value is -1.29. The second-order valence-electron chi connectivity index (χ2n) is 8.07. The van der Waals surface area contributed by atoms with Crippen molar-refractivity contribution in [2.45, 2.75) is 48.7 Å². The number of benzene rings is 1. The van der Waals surface area contributed by atoms with Crippen molar-refractivity contribution in [3.63, 3.8) is 0 Å². The third kappa shape index (κ3) is 5.56. The average Bonchev–Trinajstić information content (AvgIpc) is 3.17. The molecule has 0 bridgehead atoms. The number of hydrogen-bond donors (Lipinski definition) is 0. The van der Waals surface area contributed by atoms with Gasteiger partial charge in [0.15, 0.2) is 0 Å². The van der Waals surface area contributed by atoms with Crippen LogP contribution in [-0.2, 0) is 14.8 Å². The van der Waals surface area contributed by atoms with Gasteiger partial charge in [-0.05, 0) is 37.8 Å². The molecular formula is C22H29N3O3S3. The van der Waals surface area contributed by atoms with Gasteiger partial charge in [0.25, 0.3) is 0 Å². The average molecular weight is 480 g/mol. The molecular weight excluding hydrogens is 450 g/mol. The summed E-state index contributed by atoms with van der Waals surface area (Å²) >= 11 is 0. The van der Waals surface area contributed by atoms with Crippen LogP contribution in [0.5, 0.6) is 0 Å². The number of carbonyl (C=O) groups excluding carboxylic acids is 1. The minimum atomic E-state index is -3.63. The van der Waals surface area contributed by atoms with Gasteiger partial charge in [0.2, 0.25) is 15.9 Å². The largest absolute Gasteiger partial charge is 0.341 e. The molecule has 0 unspecified atom stereocenters. The van der Waals surface area contributed by atoms with Crippen molar-refractivity contribution in [1.29, 1.82) is 0 Å². The summed E-state index contributed by atoms with van der Waals surface area (Å²) in [5.41, 5.74) is 0. The highest BCUT2D eigenvalue weighted by atomic mass is 33.1. The Labute approximate surface area is 192 Å². The van der Waals surface area contributed by atoms with E-state index in [1.165, 1.54) is 22.9 Å². The third-order valence-electron chi connectivity index (χ3n) is 5.96. The fourth-order valence-electron chi connectivity index (χ4n) is 4.21. The molecule has 2 fully saturated rings. The number of amides is 1. The molecule has 1 aromatic carbocycles. The molecule has 4 rings (SSSR count). The SMILES string of the molecule is O=C(CCCC[C@@H]1CCSS1)N1CCCN(S(=O)(=O)c2cccc3cnccc23)CC1. The minimum Gasteiger partial charge on any atom is -0.341 e. The monoisotopic (exact) mass is 479 g/mol. The number of carbonyl (C=O) groups is 1. The number of nitrogens with zero attached hydrogens (tertiary/aromatic N) is 3.